The maximum Gasteiger partial charge on any atom is 0.320 e. The van der Waals surface area contributed by atoms with Crippen molar-refractivity contribution in [3.63, 3.8) is 0 Å². The van der Waals surface area contributed by atoms with Crippen LogP contribution in [0.3, 0.4) is 0 Å². The smallest absolute Gasteiger partial charge is 0.320 e. The molecule has 4 N–H and O–H groups in total. The number of aryl methyl sites for hydroxylation is 1. The zero-order valence-electron chi connectivity index (χ0n) is 16.0. The molecule has 2 aromatic heterocycles. The SMILES string of the molecule is Cc1cc(Nc2cnc(NC(=O)N[C@H](C)c3cccc(Cl)c3)cc2C=N)ccn1. The van der Waals surface area contributed by atoms with Crippen LogP contribution in [0.15, 0.2) is 54.9 Å². The molecule has 0 saturated heterocycles. The Morgan fingerprint density at radius 2 is 2.03 bits per heavy atom. The van der Waals surface area contributed by atoms with E-state index in [2.05, 4.69) is 25.9 Å². The number of anilines is 3. The second kappa shape index (κ2) is 9.16. The molecule has 7 nitrogen and oxygen atoms in total. The van der Waals surface area contributed by atoms with E-state index in [1.54, 1.807) is 30.6 Å². The topological polar surface area (TPSA) is 103 Å². The molecule has 0 radical (unpaired) electrons. The zero-order valence-corrected chi connectivity index (χ0v) is 16.8. The first kappa shape index (κ1) is 20.3. The summed E-state index contributed by atoms with van der Waals surface area (Å²) < 4.78 is 0. The monoisotopic (exact) mass is 408 g/mol. The van der Waals surface area contributed by atoms with E-state index < -0.39 is 6.03 Å². The highest BCUT2D eigenvalue weighted by atomic mass is 35.5. The predicted molar refractivity (Wildman–Crippen MR) is 116 cm³/mol. The highest BCUT2D eigenvalue weighted by molar-refractivity contribution is 6.30. The van der Waals surface area contributed by atoms with Crippen molar-refractivity contribution in [2.24, 2.45) is 0 Å². The van der Waals surface area contributed by atoms with Gasteiger partial charge >= 0.3 is 6.03 Å². The number of benzene rings is 1. The second-order valence-corrected chi connectivity index (χ2v) is 6.92. The van der Waals surface area contributed by atoms with Crippen LogP contribution in [-0.2, 0) is 0 Å². The number of rotatable bonds is 6. The summed E-state index contributed by atoms with van der Waals surface area (Å²) in [7, 11) is 0. The number of halogens is 1. The fourth-order valence-electron chi connectivity index (χ4n) is 2.75. The molecule has 0 aliphatic heterocycles. The van der Waals surface area contributed by atoms with Gasteiger partial charge in [0, 0.05) is 34.4 Å². The summed E-state index contributed by atoms with van der Waals surface area (Å²) in [5.74, 6) is 0.343. The Kier molecular flexibility index (Phi) is 6.41. The maximum absolute atomic E-state index is 12.3. The standard InChI is InChI=1S/C21H21ClN6O/c1-13-8-18(6-7-24-13)27-19-12-25-20(10-16(19)11-23)28-21(29)26-14(2)15-4-3-5-17(22)9-15/h3-12,14,23H,1-2H3,(H,24,27)(H2,25,26,28,29)/t14-/m1/s1. The summed E-state index contributed by atoms with van der Waals surface area (Å²) in [6, 6.07) is 12.0. The van der Waals surface area contributed by atoms with Crippen LogP contribution in [0.4, 0.5) is 22.0 Å². The van der Waals surface area contributed by atoms with Crippen molar-refractivity contribution in [2.75, 3.05) is 10.6 Å². The van der Waals surface area contributed by atoms with Gasteiger partial charge in [0.15, 0.2) is 0 Å². The quantitative estimate of drug-likeness (QED) is 0.428. The number of hydrogen-bond acceptors (Lipinski definition) is 5. The molecule has 0 fully saturated rings. The third-order valence-corrected chi connectivity index (χ3v) is 4.44. The summed E-state index contributed by atoms with van der Waals surface area (Å²) >= 11 is 6.00. The number of nitrogens with zero attached hydrogens (tertiary/aromatic N) is 2. The number of pyridine rings is 2. The van der Waals surface area contributed by atoms with E-state index in [1.807, 2.05) is 38.1 Å². The summed E-state index contributed by atoms with van der Waals surface area (Å²) in [4.78, 5) is 20.7. The van der Waals surface area contributed by atoms with E-state index in [4.69, 9.17) is 17.0 Å². The van der Waals surface area contributed by atoms with Crippen molar-refractivity contribution in [1.82, 2.24) is 15.3 Å². The van der Waals surface area contributed by atoms with Gasteiger partial charge in [0.05, 0.1) is 17.9 Å². The first-order valence-corrected chi connectivity index (χ1v) is 9.35. The molecule has 148 valence electrons. The van der Waals surface area contributed by atoms with Gasteiger partial charge in [0.25, 0.3) is 0 Å². The number of carbonyl (C=O) groups excluding carboxylic acids is 1. The van der Waals surface area contributed by atoms with Crippen LogP contribution in [0.5, 0.6) is 0 Å². The molecule has 2 heterocycles. The number of aromatic nitrogens is 2. The van der Waals surface area contributed by atoms with Gasteiger partial charge in [-0.3, -0.25) is 10.3 Å². The number of nitrogens with one attached hydrogen (secondary N) is 4. The van der Waals surface area contributed by atoms with Crippen LogP contribution in [-0.4, -0.2) is 22.2 Å². The van der Waals surface area contributed by atoms with Gasteiger partial charge in [0.1, 0.15) is 5.82 Å². The maximum atomic E-state index is 12.3. The lowest BCUT2D eigenvalue weighted by Crippen LogP contribution is -2.31. The molecule has 1 atom stereocenters. The van der Waals surface area contributed by atoms with Crippen LogP contribution in [0, 0.1) is 12.3 Å². The molecule has 2 amide bonds. The fourth-order valence-corrected chi connectivity index (χ4v) is 2.95. The summed E-state index contributed by atoms with van der Waals surface area (Å²) in [5, 5.41) is 17.0. The summed E-state index contributed by atoms with van der Waals surface area (Å²) in [6.45, 7) is 3.77. The van der Waals surface area contributed by atoms with Crippen molar-refractivity contribution in [2.45, 2.75) is 19.9 Å². The molecule has 0 spiro atoms. The second-order valence-electron chi connectivity index (χ2n) is 6.49. The molecular weight excluding hydrogens is 388 g/mol. The number of carbonyl (C=O) groups is 1. The number of urea groups is 1. The van der Waals surface area contributed by atoms with E-state index >= 15 is 0 Å². The van der Waals surface area contributed by atoms with E-state index in [1.165, 1.54) is 6.21 Å². The van der Waals surface area contributed by atoms with Gasteiger partial charge in [-0.2, -0.15) is 0 Å². The average molecular weight is 409 g/mol. The lowest BCUT2D eigenvalue weighted by molar-refractivity contribution is 0.249. The van der Waals surface area contributed by atoms with Gasteiger partial charge < -0.3 is 16.0 Å². The average Bonchev–Trinajstić information content (AvgIpc) is 2.69. The Balaban J connectivity index is 1.68. The van der Waals surface area contributed by atoms with E-state index in [0.29, 0.717) is 22.1 Å². The molecular formula is C21H21ClN6O. The van der Waals surface area contributed by atoms with Crippen molar-refractivity contribution in [1.29, 1.82) is 5.41 Å². The van der Waals surface area contributed by atoms with Crippen molar-refractivity contribution < 1.29 is 4.79 Å². The highest BCUT2D eigenvalue weighted by Crippen LogP contribution is 2.22. The molecule has 0 bridgehead atoms. The lowest BCUT2D eigenvalue weighted by atomic mass is 10.1. The van der Waals surface area contributed by atoms with E-state index in [9.17, 15) is 4.79 Å². The van der Waals surface area contributed by atoms with Crippen molar-refractivity contribution in [3.8, 4) is 0 Å². The van der Waals surface area contributed by atoms with E-state index in [0.717, 1.165) is 16.9 Å². The third-order valence-electron chi connectivity index (χ3n) is 4.20. The molecule has 3 aromatic rings. The third kappa shape index (κ3) is 5.52. The van der Waals surface area contributed by atoms with Gasteiger partial charge in [-0.05, 0) is 49.7 Å². The Morgan fingerprint density at radius 3 is 2.76 bits per heavy atom. The number of amides is 2. The largest absolute Gasteiger partial charge is 0.354 e. The zero-order chi connectivity index (χ0) is 20.8. The highest BCUT2D eigenvalue weighted by Gasteiger charge is 2.12. The molecule has 1 aromatic carbocycles. The molecule has 3 rings (SSSR count). The minimum absolute atomic E-state index is 0.230. The molecule has 8 heteroatoms. The fraction of sp³-hybridized carbons (Fsp3) is 0.143. The normalized spacial score (nSPS) is 11.4. The van der Waals surface area contributed by atoms with Crippen LogP contribution in [0.1, 0.15) is 29.8 Å². The van der Waals surface area contributed by atoms with Crippen LogP contribution < -0.4 is 16.0 Å². The summed E-state index contributed by atoms with van der Waals surface area (Å²) in [6.07, 6.45) is 4.48. The Morgan fingerprint density at radius 1 is 1.21 bits per heavy atom. The molecule has 29 heavy (non-hydrogen) atoms. The van der Waals surface area contributed by atoms with E-state index in [-0.39, 0.29) is 6.04 Å². The lowest BCUT2D eigenvalue weighted by Gasteiger charge is -2.16. The predicted octanol–water partition coefficient (Wildman–Crippen LogP) is 5.06. The molecule has 0 unspecified atom stereocenters. The Labute approximate surface area is 174 Å². The van der Waals surface area contributed by atoms with Crippen LogP contribution >= 0.6 is 11.6 Å². The first-order chi connectivity index (χ1) is 13.9. The van der Waals surface area contributed by atoms with Crippen molar-refractivity contribution in [3.05, 3.63) is 76.7 Å². The first-order valence-electron chi connectivity index (χ1n) is 8.98. The van der Waals surface area contributed by atoms with Gasteiger partial charge in [-0.25, -0.2) is 9.78 Å². The minimum atomic E-state index is -0.397. The molecule has 0 aliphatic carbocycles. The molecule has 0 aliphatic rings. The van der Waals surface area contributed by atoms with Crippen LogP contribution in [0.2, 0.25) is 5.02 Å². The van der Waals surface area contributed by atoms with Gasteiger partial charge in [0.2, 0.25) is 0 Å². The Hall–Kier alpha value is -3.45. The van der Waals surface area contributed by atoms with Crippen LogP contribution in [0.25, 0.3) is 0 Å². The van der Waals surface area contributed by atoms with Crippen molar-refractivity contribution >= 4 is 41.0 Å². The van der Waals surface area contributed by atoms with Gasteiger partial charge in [-0.15, -0.1) is 0 Å². The number of hydrogen-bond donors (Lipinski definition) is 4. The minimum Gasteiger partial charge on any atom is -0.354 e. The molecule has 0 saturated carbocycles. The van der Waals surface area contributed by atoms with Gasteiger partial charge in [-0.1, -0.05) is 23.7 Å². The summed E-state index contributed by atoms with van der Waals surface area (Å²) in [5.41, 5.74) is 3.86. The Bertz CT molecular complexity index is 1040.